The lowest BCUT2D eigenvalue weighted by atomic mass is 9.99. The van der Waals surface area contributed by atoms with Gasteiger partial charge < -0.3 is 19.7 Å². The van der Waals surface area contributed by atoms with Crippen molar-refractivity contribution in [3.8, 4) is 11.5 Å². The Labute approximate surface area is 157 Å². The maximum atomic E-state index is 12.8. The number of urea groups is 1. The van der Waals surface area contributed by atoms with Crippen LogP contribution in [0.1, 0.15) is 11.1 Å². The van der Waals surface area contributed by atoms with E-state index in [9.17, 15) is 4.79 Å². The van der Waals surface area contributed by atoms with Gasteiger partial charge in [-0.1, -0.05) is 18.2 Å². The van der Waals surface area contributed by atoms with E-state index in [1.165, 1.54) is 5.56 Å². The number of ether oxygens (including phenoxy) is 2. The van der Waals surface area contributed by atoms with Gasteiger partial charge in [0, 0.05) is 24.7 Å². The molecule has 27 heavy (non-hydrogen) atoms. The molecule has 2 heterocycles. The highest BCUT2D eigenvalue weighted by Gasteiger charge is 2.23. The molecule has 2 amide bonds. The Morgan fingerprint density at radius 1 is 1.07 bits per heavy atom. The molecule has 0 saturated heterocycles. The molecule has 0 fully saturated rings. The van der Waals surface area contributed by atoms with Gasteiger partial charge in [-0.15, -0.1) is 0 Å². The second kappa shape index (κ2) is 7.15. The van der Waals surface area contributed by atoms with Crippen molar-refractivity contribution in [1.29, 1.82) is 0 Å². The van der Waals surface area contributed by atoms with E-state index < -0.39 is 0 Å². The van der Waals surface area contributed by atoms with Crippen molar-refractivity contribution in [1.82, 2.24) is 9.88 Å². The van der Waals surface area contributed by atoms with Crippen LogP contribution in [0.5, 0.6) is 11.5 Å². The minimum atomic E-state index is -0.131. The number of nitrogens with one attached hydrogen (secondary N) is 1. The molecule has 1 aromatic heterocycles. The summed E-state index contributed by atoms with van der Waals surface area (Å²) in [6, 6.07) is 13.5. The number of carbonyl (C=O) groups is 1. The number of hydrogen-bond donors (Lipinski definition) is 1. The molecule has 0 bridgehead atoms. The van der Waals surface area contributed by atoms with Crippen LogP contribution in [-0.4, -0.2) is 36.7 Å². The van der Waals surface area contributed by atoms with Crippen LogP contribution in [0.15, 0.2) is 48.7 Å². The Bertz CT molecular complexity index is 998. The van der Waals surface area contributed by atoms with E-state index in [0.717, 1.165) is 34.3 Å². The van der Waals surface area contributed by atoms with Crippen molar-refractivity contribution in [3.63, 3.8) is 0 Å². The summed E-state index contributed by atoms with van der Waals surface area (Å²) in [6.07, 6.45) is 2.51. The van der Waals surface area contributed by atoms with Gasteiger partial charge in [-0.3, -0.25) is 4.98 Å². The fourth-order valence-electron chi connectivity index (χ4n) is 3.46. The van der Waals surface area contributed by atoms with E-state index in [0.29, 0.717) is 18.8 Å². The quantitative estimate of drug-likeness (QED) is 0.768. The van der Waals surface area contributed by atoms with Crippen LogP contribution < -0.4 is 14.8 Å². The van der Waals surface area contributed by atoms with Crippen molar-refractivity contribution in [2.75, 3.05) is 26.1 Å². The van der Waals surface area contributed by atoms with Gasteiger partial charge in [-0.05, 0) is 41.8 Å². The van der Waals surface area contributed by atoms with E-state index in [-0.39, 0.29) is 6.03 Å². The average Bonchev–Trinajstić information content (AvgIpc) is 2.72. The molecule has 6 nitrogen and oxygen atoms in total. The van der Waals surface area contributed by atoms with Gasteiger partial charge >= 0.3 is 6.03 Å². The summed E-state index contributed by atoms with van der Waals surface area (Å²) in [7, 11) is 3.25. The van der Waals surface area contributed by atoms with Gasteiger partial charge in [0.05, 0.1) is 25.4 Å². The molecule has 0 atom stereocenters. The Balaban J connectivity index is 1.56. The molecule has 4 rings (SSSR count). The molecule has 0 radical (unpaired) electrons. The molecule has 6 heteroatoms. The number of rotatable bonds is 3. The molecule has 0 unspecified atom stereocenters. The lowest BCUT2D eigenvalue weighted by Gasteiger charge is -2.29. The molecular weight excluding hydrogens is 342 g/mol. The minimum absolute atomic E-state index is 0.131. The third kappa shape index (κ3) is 3.26. The zero-order valence-electron chi connectivity index (χ0n) is 15.4. The maximum absolute atomic E-state index is 12.8. The smallest absolute Gasteiger partial charge is 0.322 e. The molecule has 1 aliphatic heterocycles. The number of nitrogens with zero attached hydrogens (tertiary/aromatic N) is 2. The lowest BCUT2D eigenvalue weighted by molar-refractivity contribution is 0.206. The summed E-state index contributed by atoms with van der Waals surface area (Å²) in [4.78, 5) is 19.0. The van der Waals surface area contributed by atoms with Crippen LogP contribution in [0.25, 0.3) is 10.9 Å². The van der Waals surface area contributed by atoms with E-state index in [1.807, 2.05) is 42.5 Å². The number of aromatic nitrogens is 1. The summed E-state index contributed by atoms with van der Waals surface area (Å²) in [5.74, 6) is 1.40. The summed E-state index contributed by atoms with van der Waals surface area (Å²) in [5.41, 5.74) is 3.77. The van der Waals surface area contributed by atoms with Crippen molar-refractivity contribution in [3.05, 3.63) is 59.8 Å². The SMILES string of the molecule is COc1cc2c(cc1OC)CN(C(=O)Nc1cccc3cccnc13)CC2. The molecule has 138 valence electrons. The number of para-hydroxylation sites is 1. The van der Waals surface area contributed by atoms with Gasteiger partial charge in [0.25, 0.3) is 0 Å². The molecule has 1 aliphatic rings. The van der Waals surface area contributed by atoms with Crippen LogP contribution in [0.4, 0.5) is 10.5 Å². The number of anilines is 1. The van der Waals surface area contributed by atoms with Crippen molar-refractivity contribution < 1.29 is 14.3 Å². The molecule has 2 aromatic carbocycles. The van der Waals surface area contributed by atoms with Crippen LogP contribution in [0, 0.1) is 0 Å². The number of fused-ring (bicyclic) bond motifs is 2. The predicted octanol–water partition coefficient (Wildman–Crippen LogP) is 3.84. The maximum Gasteiger partial charge on any atom is 0.322 e. The summed E-state index contributed by atoms with van der Waals surface area (Å²) in [6.45, 7) is 1.17. The number of carbonyl (C=O) groups excluding carboxylic acids is 1. The van der Waals surface area contributed by atoms with Crippen LogP contribution >= 0.6 is 0 Å². The Hall–Kier alpha value is -3.28. The third-order valence-corrected chi connectivity index (χ3v) is 4.88. The number of hydrogen-bond acceptors (Lipinski definition) is 4. The molecule has 0 aliphatic carbocycles. The second-order valence-electron chi connectivity index (χ2n) is 6.46. The average molecular weight is 363 g/mol. The number of amides is 2. The van der Waals surface area contributed by atoms with Gasteiger partial charge in [0.1, 0.15) is 0 Å². The predicted molar refractivity (Wildman–Crippen MR) is 104 cm³/mol. The van der Waals surface area contributed by atoms with E-state index in [4.69, 9.17) is 9.47 Å². The van der Waals surface area contributed by atoms with Gasteiger partial charge in [-0.25, -0.2) is 4.79 Å². The van der Waals surface area contributed by atoms with Crippen molar-refractivity contribution in [2.24, 2.45) is 0 Å². The van der Waals surface area contributed by atoms with Gasteiger partial charge in [-0.2, -0.15) is 0 Å². The first kappa shape index (κ1) is 17.1. The zero-order chi connectivity index (χ0) is 18.8. The first-order valence-corrected chi connectivity index (χ1v) is 8.83. The normalized spacial score (nSPS) is 13.2. The highest BCUT2D eigenvalue weighted by molar-refractivity contribution is 5.99. The zero-order valence-corrected chi connectivity index (χ0v) is 15.4. The second-order valence-corrected chi connectivity index (χ2v) is 6.46. The number of benzene rings is 2. The highest BCUT2D eigenvalue weighted by atomic mass is 16.5. The van der Waals surface area contributed by atoms with Crippen molar-refractivity contribution in [2.45, 2.75) is 13.0 Å². The molecule has 3 aromatic rings. The van der Waals surface area contributed by atoms with Crippen molar-refractivity contribution >= 4 is 22.6 Å². The first-order valence-electron chi connectivity index (χ1n) is 8.83. The minimum Gasteiger partial charge on any atom is -0.493 e. The van der Waals surface area contributed by atoms with Crippen LogP contribution in [0.3, 0.4) is 0 Å². The first-order chi connectivity index (χ1) is 13.2. The third-order valence-electron chi connectivity index (χ3n) is 4.88. The monoisotopic (exact) mass is 363 g/mol. The number of methoxy groups -OCH3 is 2. The largest absolute Gasteiger partial charge is 0.493 e. The van der Waals surface area contributed by atoms with Crippen LogP contribution in [-0.2, 0) is 13.0 Å². The molecule has 0 spiro atoms. The Kier molecular flexibility index (Phi) is 4.54. The fraction of sp³-hybridized carbons (Fsp3) is 0.238. The fourth-order valence-corrected chi connectivity index (χ4v) is 3.46. The summed E-state index contributed by atoms with van der Waals surface area (Å²) >= 11 is 0. The van der Waals surface area contributed by atoms with Gasteiger partial charge in [0.15, 0.2) is 11.5 Å². The summed E-state index contributed by atoms with van der Waals surface area (Å²) in [5, 5.41) is 4.00. The summed E-state index contributed by atoms with van der Waals surface area (Å²) < 4.78 is 10.8. The lowest BCUT2D eigenvalue weighted by Crippen LogP contribution is -2.39. The standard InChI is InChI=1S/C21H21N3O3/c1-26-18-11-15-8-10-24(13-16(15)12-19(18)27-2)21(25)23-17-7-3-5-14-6-4-9-22-20(14)17/h3-7,9,11-12H,8,10,13H2,1-2H3,(H,23,25). The Morgan fingerprint density at radius 3 is 2.59 bits per heavy atom. The number of pyridine rings is 1. The van der Waals surface area contributed by atoms with E-state index >= 15 is 0 Å². The molecular formula is C21H21N3O3. The van der Waals surface area contributed by atoms with E-state index in [1.54, 1.807) is 25.3 Å². The van der Waals surface area contributed by atoms with E-state index in [2.05, 4.69) is 10.3 Å². The van der Waals surface area contributed by atoms with Crippen LogP contribution in [0.2, 0.25) is 0 Å². The molecule has 0 saturated carbocycles. The van der Waals surface area contributed by atoms with Gasteiger partial charge in [0.2, 0.25) is 0 Å². The Morgan fingerprint density at radius 2 is 1.81 bits per heavy atom. The topological polar surface area (TPSA) is 63.7 Å². The highest BCUT2D eigenvalue weighted by Crippen LogP contribution is 2.33. The molecule has 1 N–H and O–H groups in total.